The van der Waals surface area contributed by atoms with Crippen molar-refractivity contribution in [3.63, 3.8) is 0 Å². The number of benzene rings is 1. The van der Waals surface area contributed by atoms with Gasteiger partial charge in [-0.05, 0) is 43.5 Å². The van der Waals surface area contributed by atoms with Crippen molar-refractivity contribution in [1.29, 1.82) is 0 Å². The van der Waals surface area contributed by atoms with E-state index in [0.29, 0.717) is 12.2 Å². The van der Waals surface area contributed by atoms with Crippen molar-refractivity contribution in [3.05, 3.63) is 23.3 Å². The fourth-order valence-corrected chi connectivity index (χ4v) is 3.30. The molecule has 19 heavy (non-hydrogen) atoms. The number of sulfonamides is 1. The van der Waals surface area contributed by atoms with Gasteiger partial charge in [0.15, 0.2) is 0 Å². The number of aryl methyl sites for hydroxylation is 2. The number of nitrogens with zero attached hydrogens (tertiary/aromatic N) is 1. The van der Waals surface area contributed by atoms with Crippen LogP contribution in [0.3, 0.4) is 0 Å². The summed E-state index contributed by atoms with van der Waals surface area (Å²) in [5, 5.41) is 0. The molecule has 5 heteroatoms. The van der Waals surface area contributed by atoms with Gasteiger partial charge in [0.05, 0.1) is 5.69 Å². The molecule has 0 fully saturated rings. The second kappa shape index (κ2) is 6.39. The van der Waals surface area contributed by atoms with Gasteiger partial charge in [-0.2, -0.15) is 0 Å². The van der Waals surface area contributed by atoms with Crippen LogP contribution in [0.15, 0.2) is 17.0 Å². The third kappa shape index (κ3) is 3.70. The number of unbranched alkanes of at least 4 members (excludes halogenated alkanes) is 2. The van der Waals surface area contributed by atoms with Crippen LogP contribution in [-0.4, -0.2) is 26.3 Å². The summed E-state index contributed by atoms with van der Waals surface area (Å²) in [5.74, 6) is 0. The smallest absolute Gasteiger partial charge is 0.244 e. The lowest BCUT2D eigenvalue weighted by atomic mass is 10.1. The van der Waals surface area contributed by atoms with E-state index in [2.05, 4.69) is 6.92 Å². The minimum Gasteiger partial charge on any atom is -0.398 e. The van der Waals surface area contributed by atoms with Gasteiger partial charge < -0.3 is 5.73 Å². The van der Waals surface area contributed by atoms with E-state index in [-0.39, 0.29) is 4.90 Å². The van der Waals surface area contributed by atoms with Crippen molar-refractivity contribution in [3.8, 4) is 0 Å². The lowest BCUT2D eigenvalue weighted by molar-refractivity contribution is 0.454. The van der Waals surface area contributed by atoms with Crippen molar-refractivity contribution < 1.29 is 8.42 Å². The highest BCUT2D eigenvalue weighted by atomic mass is 32.2. The number of anilines is 1. The summed E-state index contributed by atoms with van der Waals surface area (Å²) in [4.78, 5) is 0.217. The first kappa shape index (κ1) is 16.0. The van der Waals surface area contributed by atoms with Crippen LogP contribution in [-0.2, 0) is 10.0 Å². The molecule has 0 heterocycles. The van der Waals surface area contributed by atoms with Gasteiger partial charge in [-0.3, -0.25) is 0 Å². The van der Waals surface area contributed by atoms with Crippen LogP contribution in [0.5, 0.6) is 0 Å². The van der Waals surface area contributed by atoms with E-state index < -0.39 is 10.0 Å². The maximum absolute atomic E-state index is 12.5. The highest BCUT2D eigenvalue weighted by Crippen LogP contribution is 2.25. The van der Waals surface area contributed by atoms with Gasteiger partial charge in [-0.1, -0.05) is 19.8 Å². The highest BCUT2D eigenvalue weighted by molar-refractivity contribution is 7.89. The largest absolute Gasteiger partial charge is 0.398 e. The van der Waals surface area contributed by atoms with E-state index in [0.717, 1.165) is 30.4 Å². The second-order valence-electron chi connectivity index (χ2n) is 5.01. The van der Waals surface area contributed by atoms with Crippen molar-refractivity contribution in [1.82, 2.24) is 4.31 Å². The standard InChI is InChI=1S/C14H24N2O2S/c1-5-6-7-8-16(4)19(17,18)14-10-12(3)11(2)9-13(14)15/h9-10H,5-8,15H2,1-4H3. The lowest BCUT2D eigenvalue weighted by Crippen LogP contribution is -2.28. The summed E-state index contributed by atoms with van der Waals surface area (Å²) >= 11 is 0. The Morgan fingerprint density at radius 2 is 1.74 bits per heavy atom. The predicted octanol–water partition coefficient (Wildman–Crippen LogP) is 2.70. The maximum atomic E-state index is 12.5. The molecule has 0 saturated carbocycles. The van der Waals surface area contributed by atoms with Crippen molar-refractivity contribution in [2.24, 2.45) is 0 Å². The monoisotopic (exact) mass is 284 g/mol. The third-order valence-corrected chi connectivity index (χ3v) is 5.30. The van der Waals surface area contributed by atoms with Crippen molar-refractivity contribution in [2.75, 3.05) is 19.3 Å². The Labute approximate surface area is 116 Å². The van der Waals surface area contributed by atoms with Gasteiger partial charge in [-0.15, -0.1) is 0 Å². The molecule has 2 N–H and O–H groups in total. The highest BCUT2D eigenvalue weighted by Gasteiger charge is 2.23. The van der Waals surface area contributed by atoms with Crippen molar-refractivity contribution in [2.45, 2.75) is 44.9 Å². The van der Waals surface area contributed by atoms with Crippen molar-refractivity contribution >= 4 is 15.7 Å². The SMILES string of the molecule is CCCCCN(C)S(=O)(=O)c1cc(C)c(C)cc1N. The van der Waals surface area contributed by atoms with Crippen LogP contribution < -0.4 is 5.73 Å². The van der Waals surface area contributed by atoms with E-state index in [1.165, 1.54) is 4.31 Å². The molecule has 0 amide bonds. The molecule has 108 valence electrons. The topological polar surface area (TPSA) is 63.4 Å². The minimum atomic E-state index is -3.48. The number of rotatable bonds is 6. The molecule has 1 rings (SSSR count). The molecule has 0 aliphatic heterocycles. The Hall–Kier alpha value is -1.07. The molecule has 0 bridgehead atoms. The summed E-state index contributed by atoms with van der Waals surface area (Å²) in [6, 6.07) is 3.39. The number of nitrogen functional groups attached to an aromatic ring is 1. The van der Waals surface area contributed by atoms with Gasteiger partial charge in [0.25, 0.3) is 0 Å². The first-order valence-corrected chi connectivity index (χ1v) is 8.07. The van der Waals surface area contributed by atoms with Crippen LogP contribution in [0, 0.1) is 13.8 Å². The molecule has 0 saturated heterocycles. The summed E-state index contributed by atoms with van der Waals surface area (Å²) in [7, 11) is -1.87. The van der Waals surface area contributed by atoms with Gasteiger partial charge in [-0.25, -0.2) is 12.7 Å². The molecule has 0 radical (unpaired) electrons. The molecular formula is C14H24N2O2S. The maximum Gasteiger partial charge on any atom is 0.244 e. The molecule has 0 unspecified atom stereocenters. The van der Waals surface area contributed by atoms with Crippen LogP contribution >= 0.6 is 0 Å². The lowest BCUT2D eigenvalue weighted by Gasteiger charge is -2.19. The molecule has 1 aromatic rings. The number of hydrogen-bond donors (Lipinski definition) is 1. The summed E-state index contributed by atoms with van der Waals surface area (Å²) in [6.07, 6.45) is 2.97. The van der Waals surface area contributed by atoms with Gasteiger partial charge >= 0.3 is 0 Å². The normalized spacial score (nSPS) is 12.1. The Balaban J connectivity index is 3.03. The Bertz CT molecular complexity index is 539. The quantitative estimate of drug-likeness (QED) is 0.645. The van der Waals surface area contributed by atoms with Crippen LogP contribution in [0.2, 0.25) is 0 Å². The minimum absolute atomic E-state index is 0.217. The van der Waals surface area contributed by atoms with Gasteiger partial charge in [0.1, 0.15) is 4.90 Å². The Morgan fingerprint density at radius 1 is 1.16 bits per heavy atom. The second-order valence-corrected chi connectivity index (χ2v) is 7.02. The van der Waals surface area contributed by atoms with E-state index >= 15 is 0 Å². The van der Waals surface area contributed by atoms with Gasteiger partial charge in [0.2, 0.25) is 10.0 Å². The molecule has 0 aliphatic rings. The molecular weight excluding hydrogens is 260 g/mol. The summed E-state index contributed by atoms with van der Waals surface area (Å²) in [5.41, 5.74) is 8.13. The van der Waals surface area contributed by atoms with Gasteiger partial charge in [0, 0.05) is 13.6 Å². The molecule has 0 aromatic heterocycles. The zero-order valence-electron chi connectivity index (χ0n) is 12.2. The predicted molar refractivity (Wildman–Crippen MR) is 79.7 cm³/mol. The zero-order chi connectivity index (χ0) is 14.6. The fraction of sp³-hybridized carbons (Fsp3) is 0.571. The third-order valence-electron chi connectivity index (χ3n) is 3.39. The average Bonchev–Trinajstić information content (AvgIpc) is 2.33. The fourth-order valence-electron chi connectivity index (χ4n) is 1.91. The zero-order valence-corrected chi connectivity index (χ0v) is 13.0. The van der Waals surface area contributed by atoms with Crippen LogP contribution in [0.4, 0.5) is 5.69 Å². The molecule has 4 nitrogen and oxygen atoms in total. The molecule has 0 atom stereocenters. The molecule has 0 aliphatic carbocycles. The van der Waals surface area contributed by atoms with E-state index in [1.54, 1.807) is 19.2 Å². The first-order chi connectivity index (χ1) is 8.80. The van der Waals surface area contributed by atoms with E-state index in [4.69, 9.17) is 5.73 Å². The molecule has 1 aromatic carbocycles. The Morgan fingerprint density at radius 3 is 2.32 bits per heavy atom. The first-order valence-electron chi connectivity index (χ1n) is 6.63. The number of hydrogen-bond acceptors (Lipinski definition) is 3. The van der Waals surface area contributed by atoms with E-state index in [1.807, 2.05) is 13.8 Å². The summed E-state index contributed by atoms with van der Waals surface area (Å²) in [6.45, 7) is 6.44. The average molecular weight is 284 g/mol. The van der Waals surface area contributed by atoms with Crippen LogP contribution in [0.1, 0.15) is 37.3 Å². The van der Waals surface area contributed by atoms with E-state index in [9.17, 15) is 8.42 Å². The Kier molecular flexibility index (Phi) is 5.38. The summed E-state index contributed by atoms with van der Waals surface area (Å²) < 4.78 is 26.3. The molecule has 0 spiro atoms. The number of nitrogens with two attached hydrogens (primary N) is 1. The van der Waals surface area contributed by atoms with Crippen LogP contribution in [0.25, 0.3) is 0 Å².